The average Bonchev–Trinajstić information content (AvgIpc) is 2.45. The highest BCUT2D eigenvalue weighted by atomic mass is 19.4. The smallest absolute Gasteiger partial charge is 0.416 e. The molecule has 0 heterocycles. The number of nitrogen functional groups attached to an aromatic ring is 1. The summed E-state index contributed by atoms with van der Waals surface area (Å²) in [5, 5.41) is 7.26. The van der Waals surface area contributed by atoms with E-state index in [0.29, 0.717) is 16.9 Å². The first-order valence-corrected chi connectivity index (χ1v) is 6.09. The molecule has 6 heteroatoms. The number of alkyl halides is 3. The third-order valence-electron chi connectivity index (χ3n) is 2.85. The first-order valence-electron chi connectivity index (χ1n) is 6.09. The third-order valence-corrected chi connectivity index (χ3v) is 2.85. The van der Waals surface area contributed by atoms with Crippen molar-refractivity contribution in [3.63, 3.8) is 0 Å². The second-order valence-corrected chi connectivity index (χ2v) is 4.42. The number of rotatable bonds is 4. The van der Waals surface area contributed by atoms with Crippen LogP contribution in [0.1, 0.15) is 16.7 Å². The summed E-state index contributed by atoms with van der Waals surface area (Å²) in [5.74, 6) is 0.518. The molecule has 0 aromatic heterocycles. The quantitative estimate of drug-likeness (QED) is 0.669. The molecule has 0 aliphatic rings. The number of nitrogens with one attached hydrogen (secondary N) is 1. The van der Waals surface area contributed by atoms with E-state index in [4.69, 9.17) is 15.9 Å². The molecule has 3 N–H and O–H groups in total. The number of hydrogen-bond donors (Lipinski definition) is 2. The Labute approximate surface area is 119 Å². The van der Waals surface area contributed by atoms with Gasteiger partial charge in [-0.3, -0.25) is 5.41 Å². The molecule has 3 nitrogen and oxygen atoms in total. The van der Waals surface area contributed by atoms with Gasteiger partial charge in [-0.1, -0.05) is 12.1 Å². The lowest BCUT2D eigenvalue weighted by Crippen LogP contribution is -2.10. The van der Waals surface area contributed by atoms with Crippen molar-refractivity contribution < 1.29 is 17.9 Å². The van der Waals surface area contributed by atoms with Gasteiger partial charge in [0.2, 0.25) is 0 Å². The lowest BCUT2D eigenvalue weighted by atomic mass is 10.1. The van der Waals surface area contributed by atoms with Crippen molar-refractivity contribution in [3.8, 4) is 5.75 Å². The average molecular weight is 294 g/mol. The lowest BCUT2D eigenvalue weighted by Gasteiger charge is -2.09. The highest BCUT2D eigenvalue weighted by Gasteiger charge is 2.29. The normalized spacial score (nSPS) is 11.2. The van der Waals surface area contributed by atoms with Crippen LogP contribution >= 0.6 is 0 Å². The van der Waals surface area contributed by atoms with Crippen LogP contribution in [0.15, 0.2) is 48.5 Å². The first kappa shape index (κ1) is 14.9. The highest BCUT2D eigenvalue weighted by Crippen LogP contribution is 2.29. The molecule has 0 radical (unpaired) electrons. The van der Waals surface area contributed by atoms with Crippen LogP contribution in [0.25, 0.3) is 0 Å². The van der Waals surface area contributed by atoms with E-state index < -0.39 is 11.7 Å². The molecular formula is C15H13F3N2O. The van der Waals surface area contributed by atoms with E-state index >= 15 is 0 Å². The maximum atomic E-state index is 12.4. The number of benzene rings is 2. The molecule has 0 atom stereocenters. The molecule has 2 rings (SSSR count). The molecule has 0 saturated carbocycles. The van der Waals surface area contributed by atoms with E-state index in [1.807, 2.05) is 0 Å². The monoisotopic (exact) mass is 294 g/mol. The maximum Gasteiger partial charge on any atom is 0.416 e. The molecule has 2 aromatic rings. The van der Waals surface area contributed by atoms with Gasteiger partial charge in [0.15, 0.2) is 0 Å². The van der Waals surface area contributed by atoms with Crippen molar-refractivity contribution in [2.45, 2.75) is 12.8 Å². The minimum Gasteiger partial charge on any atom is -0.489 e. The second kappa shape index (κ2) is 5.87. The summed E-state index contributed by atoms with van der Waals surface area (Å²) in [5.41, 5.74) is 5.86. The minimum atomic E-state index is -4.33. The number of nitrogens with two attached hydrogens (primary N) is 1. The largest absolute Gasteiger partial charge is 0.489 e. The first-order chi connectivity index (χ1) is 9.86. The zero-order chi connectivity index (χ0) is 15.5. The van der Waals surface area contributed by atoms with E-state index in [2.05, 4.69) is 0 Å². The van der Waals surface area contributed by atoms with Crippen LogP contribution in [0, 0.1) is 5.41 Å². The summed E-state index contributed by atoms with van der Waals surface area (Å²) in [7, 11) is 0. The van der Waals surface area contributed by atoms with Crippen LogP contribution in [0.5, 0.6) is 5.75 Å². The van der Waals surface area contributed by atoms with Crippen molar-refractivity contribution >= 4 is 5.84 Å². The highest BCUT2D eigenvalue weighted by molar-refractivity contribution is 5.94. The van der Waals surface area contributed by atoms with Crippen molar-refractivity contribution in [1.82, 2.24) is 0 Å². The van der Waals surface area contributed by atoms with Crippen molar-refractivity contribution in [2.24, 2.45) is 5.73 Å². The third kappa shape index (κ3) is 3.98. The number of amidine groups is 1. The van der Waals surface area contributed by atoms with Crippen molar-refractivity contribution in [1.29, 1.82) is 5.41 Å². The van der Waals surface area contributed by atoms with Crippen molar-refractivity contribution in [2.75, 3.05) is 0 Å². The molecule has 0 bridgehead atoms. The molecule has 0 aliphatic heterocycles. The van der Waals surface area contributed by atoms with Gasteiger partial charge in [0.25, 0.3) is 0 Å². The van der Waals surface area contributed by atoms with E-state index in [9.17, 15) is 13.2 Å². The topological polar surface area (TPSA) is 59.1 Å². The second-order valence-electron chi connectivity index (χ2n) is 4.42. The molecule has 2 aromatic carbocycles. The molecule has 0 saturated heterocycles. The Morgan fingerprint density at radius 2 is 1.57 bits per heavy atom. The Morgan fingerprint density at radius 1 is 1.00 bits per heavy atom. The minimum absolute atomic E-state index is 0.0377. The molecule has 0 spiro atoms. The van der Waals surface area contributed by atoms with Gasteiger partial charge in [-0.05, 0) is 42.0 Å². The Hall–Kier alpha value is -2.50. The molecule has 21 heavy (non-hydrogen) atoms. The van der Waals surface area contributed by atoms with E-state index in [0.717, 1.165) is 12.1 Å². The molecular weight excluding hydrogens is 281 g/mol. The number of halogens is 3. The Morgan fingerprint density at radius 3 is 2.05 bits per heavy atom. The fourth-order valence-electron chi connectivity index (χ4n) is 1.69. The van der Waals surface area contributed by atoms with Crippen LogP contribution < -0.4 is 10.5 Å². The van der Waals surface area contributed by atoms with Gasteiger partial charge in [0.1, 0.15) is 18.2 Å². The summed E-state index contributed by atoms with van der Waals surface area (Å²) >= 11 is 0. The summed E-state index contributed by atoms with van der Waals surface area (Å²) in [6.07, 6.45) is -4.33. The van der Waals surface area contributed by atoms with Crippen LogP contribution in [0.2, 0.25) is 0 Å². The van der Waals surface area contributed by atoms with Gasteiger partial charge in [-0.15, -0.1) is 0 Å². The molecule has 0 amide bonds. The maximum absolute atomic E-state index is 12.4. The SMILES string of the molecule is N=C(N)c1ccc(OCc2ccc(C(F)(F)F)cc2)cc1. The van der Waals surface area contributed by atoms with Gasteiger partial charge < -0.3 is 10.5 Å². The molecule has 0 unspecified atom stereocenters. The predicted octanol–water partition coefficient (Wildman–Crippen LogP) is 3.57. The van der Waals surface area contributed by atoms with Gasteiger partial charge in [0, 0.05) is 5.56 Å². The predicted molar refractivity (Wildman–Crippen MR) is 73.2 cm³/mol. The fraction of sp³-hybridized carbons (Fsp3) is 0.133. The van der Waals surface area contributed by atoms with Crippen LogP contribution in [-0.4, -0.2) is 5.84 Å². The zero-order valence-electron chi connectivity index (χ0n) is 10.9. The van der Waals surface area contributed by atoms with Gasteiger partial charge in [-0.25, -0.2) is 0 Å². The Balaban J connectivity index is 1.98. The Kier molecular flexibility index (Phi) is 4.16. The Bertz CT molecular complexity index is 619. The summed E-state index contributed by atoms with van der Waals surface area (Å²) in [6, 6.07) is 11.4. The number of hydrogen-bond acceptors (Lipinski definition) is 2. The number of ether oxygens (including phenoxy) is 1. The standard InChI is InChI=1S/C15H13F3N2O/c16-15(17,18)12-5-1-10(2-6-12)9-21-13-7-3-11(4-8-13)14(19)20/h1-8H,9H2,(H3,19,20). The van der Waals surface area contributed by atoms with E-state index in [1.165, 1.54) is 12.1 Å². The van der Waals surface area contributed by atoms with Crippen LogP contribution in [0.4, 0.5) is 13.2 Å². The molecule has 0 fully saturated rings. The zero-order valence-corrected chi connectivity index (χ0v) is 10.9. The lowest BCUT2D eigenvalue weighted by molar-refractivity contribution is -0.137. The summed E-state index contributed by atoms with van der Waals surface area (Å²) in [6.45, 7) is 0.164. The fourth-order valence-corrected chi connectivity index (χ4v) is 1.69. The van der Waals surface area contributed by atoms with Crippen LogP contribution in [0.3, 0.4) is 0 Å². The van der Waals surface area contributed by atoms with Gasteiger partial charge >= 0.3 is 6.18 Å². The molecule has 110 valence electrons. The van der Waals surface area contributed by atoms with Gasteiger partial charge in [-0.2, -0.15) is 13.2 Å². The van der Waals surface area contributed by atoms with Crippen molar-refractivity contribution in [3.05, 3.63) is 65.2 Å². The van der Waals surface area contributed by atoms with Crippen LogP contribution in [-0.2, 0) is 12.8 Å². The van der Waals surface area contributed by atoms with E-state index in [1.54, 1.807) is 24.3 Å². The molecule has 0 aliphatic carbocycles. The van der Waals surface area contributed by atoms with Gasteiger partial charge in [0.05, 0.1) is 5.56 Å². The summed E-state index contributed by atoms with van der Waals surface area (Å²) < 4.78 is 42.7. The van der Waals surface area contributed by atoms with E-state index in [-0.39, 0.29) is 12.4 Å². The summed E-state index contributed by atoms with van der Waals surface area (Å²) in [4.78, 5) is 0.